The first-order valence-corrected chi connectivity index (χ1v) is 8.85. The molecule has 9 heteroatoms. The summed E-state index contributed by atoms with van der Waals surface area (Å²) in [6.07, 6.45) is -0.230. The number of ether oxygens (including phenoxy) is 1. The van der Waals surface area contributed by atoms with Gasteiger partial charge in [0.05, 0.1) is 9.89 Å². The summed E-state index contributed by atoms with van der Waals surface area (Å²) in [5.41, 5.74) is 0.808. The number of thiophene rings is 1. The number of hydrogen-bond acceptors (Lipinski definition) is 5. The maximum Gasteiger partial charge on any atom is 0.322 e. The van der Waals surface area contributed by atoms with Crippen LogP contribution < -0.4 is 0 Å². The number of methoxy groups -OCH3 is 1. The van der Waals surface area contributed by atoms with Gasteiger partial charge in [-0.15, -0.1) is 11.3 Å². The van der Waals surface area contributed by atoms with Crippen molar-refractivity contribution >= 4 is 43.3 Å². The lowest BCUT2D eigenvalue weighted by Crippen LogP contribution is -2.40. The van der Waals surface area contributed by atoms with Gasteiger partial charge >= 0.3 is 5.97 Å². The molecule has 1 aliphatic rings. The number of sulfonamides is 1. The monoisotopic (exact) mass is 383 g/mol. The van der Waals surface area contributed by atoms with Crippen LogP contribution in [0.3, 0.4) is 0 Å². The van der Waals surface area contributed by atoms with Crippen LogP contribution in [0.25, 0.3) is 0 Å². The zero-order valence-electron chi connectivity index (χ0n) is 10.9. The largest absolute Gasteiger partial charge is 0.480 e. The van der Waals surface area contributed by atoms with E-state index in [4.69, 9.17) is 4.74 Å². The van der Waals surface area contributed by atoms with Crippen molar-refractivity contribution in [2.24, 2.45) is 0 Å². The molecule has 2 rings (SSSR count). The van der Waals surface area contributed by atoms with E-state index in [9.17, 15) is 18.3 Å². The van der Waals surface area contributed by atoms with Gasteiger partial charge in [-0.3, -0.25) is 4.79 Å². The SMILES string of the molecule is COC1CC(C(=O)O)N(S(=O)(=O)c2cc(C)c(Br)s2)C1. The van der Waals surface area contributed by atoms with Crippen molar-refractivity contribution in [1.82, 2.24) is 4.31 Å². The predicted octanol–water partition coefficient (Wildman–Crippen LogP) is 1.68. The predicted molar refractivity (Wildman–Crippen MR) is 77.5 cm³/mol. The zero-order chi connectivity index (χ0) is 15.1. The maximum atomic E-state index is 12.6. The fourth-order valence-electron chi connectivity index (χ4n) is 2.10. The highest BCUT2D eigenvalue weighted by Crippen LogP contribution is 2.35. The molecule has 0 aromatic carbocycles. The van der Waals surface area contributed by atoms with Crippen molar-refractivity contribution in [3.8, 4) is 0 Å². The van der Waals surface area contributed by atoms with Crippen LogP contribution >= 0.6 is 27.3 Å². The summed E-state index contributed by atoms with van der Waals surface area (Å²) in [6.45, 7) is 1.85. The second-order valence-electron chi connectivity index (χ2n) is 4.54. The third kappa shape index (κ3) is 2.77. The van der Waals surface area contributed by atoms with E-state index in [1.807, 2.05) is 0 Å². The van der Waals surface area contributed by atoms with Gasteiger partial charge in [0.15, 0.2) is 0 Å². The molecule has 0 aliphatic carbocycles. The van der Waals surface area contributed by atoms with Crippen molar-refractivity contribution in [2.75, 3.05) is 13.7 Å². The van der Waals surface area contributed by atoms with Crippen molar-refractivity contribution in [2.45, 2.75) is 29.7 Å². The van der Waals surface area contributed by atoms with Crippen LogP contribution in [-0.4, -0.2) is 49.6 Å². The second kappa shape index (κ2) is 5.72. The van der Waals surface area contributed by atoms with Crippen LogP contribution in [0.5, 0.6) is 0 Å². The van der Waals surface area contributed by atoms with Gasteiger partial charge in [0.2, 0.25) is 0 Å². The van der Waals surface area contributed by atoms with Crippen LogP contribution in [-0.2, 0) is 19.6 Å². The summed E-state index contributed by atoms with van der Waals surface area (Å²) in [5.74, 6) is -1.15. The van der Waals surface area contributed by atoms with Gasteiger partial charge in [0, 0.05) is 20.1 Å². The minimum atomic E-state index is -3.82. The lowest BCUT2D eigenvalue weighted by atomic mass is 10.2. The van der Waals surface area contributed by atoms with E-state index in [-0.39, 0.29) is 17.2 Å². The first kappa shape index (κ1) is 15.9. The molecule has 6 nitrogen and oxygen atoms in total. The number of rotatable bonds is 4. The van der Waals surface area contributed by atoms with Crippen molar-refractivity contribution in [3.63, 3.8) is 0 Å². The Morgan fingerprint density at radius 1 is 1.60 bits per heavy atom. The lowest BCUT2D eigenvalue weighted by molar-refractivity contribution is -0.140. The zero-order valence-corrected chi connectivity index (χ0v) is 14.1. The third-order valence-corrected chi connectivity index (χ3v) is 7.69. The molecular weight excluding hydrogens is 370 g/mol. The normalized spacial score (nSPS) is 24.1. The van der Waals surface area contributed by atoms with Gasteiger partial charge in [0.1, 0.15) is 10.3 Å². The first-order valence-electron chi connectivity index (χ1n) is 5.80. The number of aliphatic carboxylic acids is 1. The molecule has 1 aromatic rings. The standard InChI is InChI=1S/C11H14BrNO5S2/c1-6-3-9(19-10(6)12)20(16,17)13-5-7(18-2)4-8(13)11(14)15/h3,7-8H,4-5H2,1-2H3,(H,14,15). The van der Waals surface area contributed by atoms with Crippen LogP contribution in [0, 0.1) is 6.92 Å². The molecule has 0 spiro atoms. The molecule has 0 amide bonds. The fraction of sp³-hybridized carbons (Fsp3) is 0.545. The average Bonchev–Trinajstić information content (AvgIpc) is 2.95. The molecule has 1 fully saturated rings. The maximum absolute atomic E-state index is 12.6. The van der Waals surface area contributed by atoms with Crippen molar-refractivity contribution in [3.05, 3.63) is 15.4 Å². The Morgan fingerprint density at radius 2 is 2.25 bits per heavy atom. The highest BCUT2D eigenvalue weighted by Gasteiger charge is 2.44. The van der Waals surface area contributed by atoms with E-state index < -0.39 is 28.1 Å². The molecule has 2 heterocycles. The molecule has 1 aromatic heterocycles. The number of aryl methyl sites for hydroxylation is 1. The quantitative estimate of drug-likeness (QED) is 0.854. The Morgan fingerprint density at radius 3 is 2.70 bits per heavy atom. The Labute approximate surface area is 129 Å². The number of carbonyl (C=O) groups is 1. The smallest absolute Gasteiger partial charge is 0.322 e. The molecule has 1 saturated heterocycles. The number of halogens is 1. The number of carboxylic acids is 1. The van der Waals surface area contributed by atoms with Gasteiger partial charge in [-0.25, -0.2) is 8.42 Å². The summed E-state index contributed by atoms with van der Waals surface area (Å²) < 4.78 is 32.1. The Kier molecular flexibility index (Phi) is 4.55. The van der Waals surface area contributed by atoms with Gasteiger partial charge in [-0.05, 0) is 34.5 Å². The highest BCUT2D eigenvalue weighted by atomic mass is 79.9. The van der Waals surface area contributed by atoms with E-state index in [0.29, 0.717) is 0 Å². The van der Waals surface area contributed by atoms with Crippen molar-refractivity contribution in [1.29, 1.82) is 0 Å². The first-order chi connectivity index (χ1) is 9.27. The van der Waals surface area contributed by atoms with E-state index in [1.54, 1.807) is 13.0 Å². The van der Waals surface area contributed by atoms with Crippen LogP contribution in [0.2, 0.25) is 0 Å². The fourth-order valence-corrected chi connectivity index (χ4v) is 6.08. The molecule has 20 heavy (non-hydrogen) atoms. The topological polar surface area (TPSA) is 83.9 Å². The minimum Gasteiger partial charge on any atom is -0.480 e. The van der Waals surface area contributed by atoms with Crippen molar-refractivity contribution < 1.29 is 23.1 Å². The summed E-state index contributed by atoms with van der Waals surface area (Å²) in [6, 6.07) is 0.467. The van der Waals surface area contributed by atoms with E-state index >= 15 is 0 Å². The Balaban J connectivity index is 2.39. The van der Waals surface area contributed by atoms with Gasteiger partial charge in [-0.1, -0.05) is 0 Å². The molecule has 2 unspecified atom stereocenters. The minimum absolute atomic E-state index is 0.0599. The Hall–Kier alpha value is -0.480. The van der Waals surface area contributed by atoms with Crippen LogP contribution in [0.15, 0.2) is 14.1 Å². The van der Waals surface area contributed by atoms with Gasteiger partial charge in [0.25, 0.3) is 10.0 Å². The van der Waals surface area contributed by atoms with E-state index in [1.165, 1.54) is 7.11 Å². The highest BCUT2D eigenvalue weighted by molar-refractivity contribution is 9.11. The number of carboxylic acid groups (broad SMARTS) is 1. The van der Waals surface area contributed by atoms with E-state index in [2.05, 4.69) is 15.9 Å². The van der Waals surface area contributed by atoms with Gasteiger partial charge in [-0.2, -0.15) is 4.31 Å². The average molecular weight is 384 g/mol. The molecule has 2 atom stereocenters. The van der Waals surface area contributed by atoms with Crippen LogP contribution in [0.4, 0.5) is 0 Å². The molecule has 0 saturated carbocycles. The summed E-state index contributed by atoms with van der Waals surface area (Å²) in [7, 11) is -2.37. The summed E-state index contributed by atoms with van der Waals surface area (Å²) in [4.78, 5) is 11.3. The molecule has 1 N–H and O–H groups in total. The Bertz CT molecular complexity index is 607. The summed E-state index contributed by atoms with van der Waals surface area (Å²) >= 11 is 4.37. The molecular formula is C11H14BrNO5S2. The molecule has 0 radical (unpaired) electrons. The lowest BCUT2D eigenvalue weighted by Gasteiger charge is -2.19. The molecule has 1 aliphatic heterocycles. The van der Waals surface area contributed by atoms with E-state index in [0.717, 1.165) is 25.0 Å². The third-order valence-electron chi connectivity index (χ3n) is 3.23. The summed E-state index contributed by atoms with van der Waals surface area (Å²) in [5, 5.41) is 9.20. The number of nitrogens with zero attached hydrogens (tertiary/aromatic N) is 1. The molecule has 112 valence electrons. The number of hydrogen-bond donors (Lipinski definition) is 1. The van der Waals surface area contributed by atoms with Crippen LogP contribution in [0.1, 0.15) is 12.0 Å². The van der Waals surface area contributed by atoms with Gasteiger partial charge < -0.3 is 9.84 Å². The molecule has 0 bridgehead atoms. The second-order valence-corrected chi connectivity index (χ2v) is 9.03.